The number of anilines is 1. The Bertz CT molecular complexity index is 614. The Morgan fingerprint density at radius 3 is 2.74 bits per heavy atom. The van der Waals surface area contributed by atoms with Crippen LogP contribution < -0.4 is 5.73 Å². The molecule has 4 nitrogen and oxygen atoms in total. The van der Waals surface area contributed by atoms with Gasteiger partial charge in [0, 0.05) is 11.1 Å². The smallest absolute Gasteiger partial charge is 0.340 e. The first-order valence-electron chi connectivity index (χ1n) is 5.69. The molecule has 0 fully saturated rings. The first-order valence-corrected chi connectivity index (χ1v) is 6.51. The molecule has 0 saturated carbocycles. The summed E-state index contributed by atoms with van der Waals surface area (Å²) in [5, 5.41) is 0.609. The molecule has 0 atom stereocenters. The van der Waals surface area contributed by atoms with Gasteiger partial charge in [-0.15, -0.1) is 0 Å². The topological polar surface area (TPSA) is 65.2 Å². The zero-order chi connectivity index (χ0) is 13.8. The lowest BCUT2D eigenvalue weighted by atomic mass is 10.2. The first kappa shape index (κ1) is 13.4. The summed E-state index contributed by atoms with van der Waals surface area (Å²) in [4.78, 5) is 16.8. The van der Waals surface area contributed by atoms with E-state index in [0.29, 0.717) is 16.3 Å². The summed E-state index contributed by atoms with van der Waals surface area (Å²) in [5.41, 5.74) is 7.80. The number of pyridine rings is 1. The average Bonchev–Trinajstić information content (AvgIpc) is 2.42. The van der Waals surface area contributed by atoms with E-state index in [9.17, 15) is 4.79 Å². The fourth-order valence-corrected chi connectivity index (χ4v) is 2.52. The molecule has 2 aromatic rings. The SMILES string of the molecule is COC(=O)c1ccnc(Sc2ccccc2C)c1N. The van der Waals surface area contributed by atoms with Crippen LogP contribution in [0.3, 0.4) is 0 Å². The van der Waals surface area contributed by atoms with E-state index in [2.05, 4.69) is 4.98 Å². The van der Waals surface area contributed by atoms with Gasteiger partial charge in [-0.2, -0.15) is 0 Å². The quantitative estimate of drug-likeness (QED) is 0.872. The van der Waals surface area contributed by atoms with Crippen molar-refractivity contribution < 1.29 is 9.53 Å². The number of ether oxygens (including phenoxy) is 1. The molecule has 2 rings (SSSR count). The maximum Gasteiger partial charge on any atom is 0.340 e. The number of nitrogens with zero attached hydrogens (tertiary/aromatic N) is 1. The third-order valence-corrected chi connectivity index (χ3v) is 3.86. The molecule has 2 N–H and O–H groups in total. The second kappa shape index (κ2) is 5.75. The number of aromatic nitrogens is 1. The number of methoxy groups -OCH3 is 1. The molecule has 0 radical (unpaired) electrons. The summed E-state index contributed by atoms with van der Waals surface area (Å²) >= 11 is 1.44. The zero-order valence-electron chi connectivity index (χ0n) is 10.7. The highest BCUT2D eigenvalue weighted by molar-refractivity contribution is 7.99. The molecule has 1 aromatic carbocycles. The van der Waals surface area contributed by atoms with Gasteiger partial charge in [-0.1, -0.05) is 30.0 Å². The molecule has 0 bridgehead atoms. The average molecular weight is 274 g/mol. The molecule has 0 aliphatic rings. The number of carbonyl (C=O) groups excluding carboxylic acids is 1. The number of hydrogen-bond donors (Lipinski definition) is 1. The Balaban J connectivity index is 2.37. The minimum atomic E-state index is -0.452. The van der Waals surface area contributed by atoms with Gasteiger partial charge in [-0.05, 0) is 24.6 Å². The number of nitrogen functional groups attached to an aromatic ring is 1. The Labute approximate surface area is 116 Å². The zero-order valence-corrected chi connectivity index (χ0v) is 11.5. The highest BCUT2D eigenvalue weighted by Gasteiger charge is 2.15. The summed E-state index contributed by atoms with van der Waals surface area (Å²) in [6.45, 7) is 2.02. The van der Waals surface area contributed by atoms with Crippen LogP contribution in [0.4, 0.5) is 5.69 Å². The third-order valence-electron chi connectivity index (χ3n) is 2.66. The van der Waals surface area contributed by atoms with Crippen molar-refractivity contribution in [1.82, 2.24) is 4.98 Å². The Morgan fingerprint density at radius 1 is 1.32 bits per heavy atom. The van der Waals surface area contributed by atoms with Crippen LogP contribution in [0.5, 0.6) is 0 Å². The lowest BCUT2D eigenvalue weighted by Gasteiger charge is -2.09. The second-order valence-electron chi connectivity index (χ2n) is 3.94. The number of aryl methyl sites for hydroxylation is 1. The maximum absolute atomic E-state index is 11.6. The Hall–Kier alpha value is -2.01. The highest BCUT2D eigenvalue weighted by Crippen LogP contribution is 2.33. The molecular weight excluding hydrogens is 260 g/mol. The molecule has 98 valence electrons. The number of rotatable bonds is 3. The van der Waals surface area contributed by atoms with Crippen molar-refractivity contribution in [2.75, 3.05) is 12.8 Å². The van der Waals surface area contributed by atoms with Gasteiger partial charge >= 0.3 is 5.97 Å². The third kappa shape index (κ3) is 2.88. The fraction of sp³-hybridized carbons (Fsp3) is 0.143. The molecule has 1 aromatic heterocycles. The van der Waals surface area contributed by atoms with Crippen LogP contribution in [0.25, 0.3) is 0 Å². The number of esters is 1. The molecular formula is C14H14N2O2S. The van der Waals surface area contributed by atoms with E-state index < -0.39 is 5.97 Å². The van der Waals surface area contributed by atoms with E-state index >= 15 is 0 Å². The van der Waals surface area contributed by atoms with Gasteiger partial charge in [-0.3, -0.25) is 0 Å². The van der Waals surface area contributed by atoms with Crippen LogP contribution in [0.2, 0.25) is 0 Å². The van der Waals surface area contributed by atoms with Crippen molar-refractivity contribution in [3.8, 4) is 0 Å². The predicted molar refractivity (Wildman–Crippen MR) is 75.3 cm³/mol. The molecule has 0 spiro atoms. The molecule has 0 unspecified atom stereocenters. The lowest BCUT2D eigenvalue weighted by molar-refractivity contribution is 0.0601. The molecule has 0 amide bonds. The second-order valence-corrected chi connectivity index (χ2v) is 4.97. The van der Waals surface area contributed by atoms with Crippen molar-refractivity contribution >= 4 is 23.4 Å². The van der Waals surface area contributed by atoms with Crippen molar-refractivity contribution in [2.24, 2.45) is 0 Å². The maximum atomic E-state index is 11.6. The van der Waals surface area contributed by atoms with Crippen LogP contribution in [0, 0.1) is 6.92 Å². The number of hydrogen-bond acceptors (Lipinski definition) is 5. The lowest BCUT2D eigenvalue weighted by Crippen LogP contribution is -2.07. The van der Waals surface area contributed by atoms with Gasteiger partial charge in [0.1, 0.15) is 5.03 Å². The van der Waals surface area contributed by atoms with E-state index in [1.807, 2.05) is 31.2 Å². The van der Waals surface area contributed by atoms with Crippen molar-refractivity contribution in [2.45, 2.75) is 16.8 Å². The Kier molecular flexibility index (Phi) is 4.06. The normalized spacial score (nSPS) is 10.2. The van der Waals surface area contributed by atoms with Crippen molar-refractivity contribution in [3.05, 3.63) is 47.7 Å². The van der Waals surface area contributed by atoms with Crippen LogP contribution >= 0.6 is 11.8 Å². The standard InChI is InChI=1S/C14H14N2O2S/c1-9-5-3-4-6-11(9)19-13-12(15)10(7-8-16-13)14(17)18-2/h3-8H,15H2,1-2H3. The summed E-state index contributed by atoms with van der Waals surface area (Å²) in [5.74, 6) is -0.452. The Morgan fingerprint density at radius 2 is 2.05 bits per heavy atom. The summed E-state index contributed by atoms with van der Waals surface area (Å²) < 4.78 is 4.69. The van der Waals surface area contributed by atoms with E-state index in [-0.39, 0.29) is 0 Å². The number of carbonyl (C=O) groups is 1. The highest BCUT2D eigenvalue weighted by atomic mass is 32.2. The fourth-order valence-electron chi connectivity index (χ4n) is 1.60. The van der Waals surface area contributed by atoms with Gasteiger partial charge in [0.15, 0.2) is 0 Å². The van der Waals surface area contributed by atoms with Crippen molar-refractivity contribution in [3.63, 3.8) is 0 Å². The van der Waals surface area contributed by atoms with Crippen LogP contribution in [-0.4, -0.2) is 18.1 Å². The van der Waals surface area contributed by atoms with Crippen LogP contribution in [-0.2, 0) is 4.74 Å². The number of benzene rings is 1. The monoisotopic (exact) mass is 274 g/mol. The summed E-state index contributed by atoms with van der Waals surface area (Å²) in [6.07, 6.45) is 1.56. The minimum Gasteiger partial charge on any atom is -0.465 e. The molecule has 0 saturated heterocycles. The number of nitrogens with two attached hydrogens (primary N) is 1. The van der Waals surface area contributed by atoms with Crippen LogP contribution in [0.1, 0.15) is 15.9 Å². The molecule has 5 heteroatoms. The van der Waals surface area contributed by atoms with E-state index in [0.717, 1.165) is 10.5 Å². The molecule has 19 heavy (non-hydrogen) atoms. The summed E-state index contributed by atoms with van der Waals surface area (Å²) in [6, 6.07) is 9.49. The van der Waals surface area contributed by atoms with Crippen LogP contribution in [0.15, 0.2) is 46.5 Å². The van der Waals surface area contributed by atoms with Gasteiger partial charge in [0.2, 0.25) is 0 Å². The van der Waals surface area contributed by atoms with E-state index in [1.54, 1.807) is 12.3 Å². The molecule has 1 heterocycles. The predicted octanol–water partition coefficient (Wildman–Crippen LogP) is 2.91. The van der Waals surface area contributed by atoms with Gasteiger partial charge in [-0.25, -0.2) is 9.78 Å². The first-order chi connectivity index (χ1) is 9.13. The molecule has 0 aliphatic heterocycles. The largest absolute Gasteiger partial charge is 0.465 e. The van der Waals surface area contributed by atoms with Gasteiger partial charge in [0.25, 0.3) is 0 Å². The van der Waals surface area contributed by atoms with Gasteiger partial charge < -0.3 is 10.5 Å². The van der Waals surface area contributed by atoms with Gasteiger partial charge in [0.05, 0.1) is 18.4 Å². The molecule has 0 aliphatic carbocycles. The van der Waals surface area contributed by atoms with E-state index in [4.69, 9.17) is 10.5 Å². The van der Waals surface area contributed by atoms with Crippen molar-refractivity contribution in [1.29, 1.82) is 0 Å². The minimum absolute atomic E-state index is 0.341. The summed E-state index contributed by atoms with van der Waals surface area (Å²) in [7, 11) is 1.33. The van der Waals surface area contributed by atoms with E-state index in [1.165, 1.54) is 18.9 Å².